The van der Waals surface area contributed by atoms with Crippen molar-refractivity contribution in [3.05, 3.63) is 59.4 Å². The Morgan fingerprint density at radius 3 is 2.36 bits per heavy atom. The lowest BCUT2D eigenvalue weighted by Gasteiger charge is -2.14. The summed E-state index contributed by atoms with van der Waals surface area (Å²) in [6.45, 7) is 1.79. The number of nitrogens with one attached hydrogen (secondary N) is 1. The number of amides is 1. The van der Waals surface area contributed by atoms with Crippen LogP contribution in [-0.2, 0) is 21.2 Å². The van der Waals surface area contributed by atoms with E-state index in [1.807, 2.05) is 0 Å². The fraction of sp³-hybridized carbons (Fsp3) is 0.278. The normalized spacial score (nSPS) is 11.6. The van der Waals surface area contributed by atoms with Crippen LogP contribution in [0.3, 0.4) is 0 Å². The molecule has 2 aromatic carbocycles. The molecule has 5 nitrogen and oxygen atoms in total. The standard InChI is InChI=1S/C18H21FN2O3S/c1-13-4-10-16(25(23,24)21(2)3)12-17(13)20-18(22)11-7-14-5-8-15(19)9-6-14/h4-6,8-10,12H,7,11H2,1-3H3,(H,20,22). The quantitative estimate of drug-likeness (QED) is 0.857. The van der Waals surface area contributed by atoms with Crippen molar-refractivity contribution in [2.75, 3.05) is 19.4 Å². The zero-order valence-corrected chi connectivity index (χ0v) is 15.2. The van der Waals surface area contributed by atoms with Crippen LogP contribution in [0.15, 0.2) is 47.4 Å². The van der Waals surface area contributed by atoms with Gasteiger partial charge in [-0.2, -0.15) is 0 Å². The van der Waals surface area contributed by atoms with Crippen LogP contribution in [0.25, 0.3) is 0 Å². The number of nitrogens with zero attached hydrogens (tertiary/aromatic N) is 1. The minimum Gasteiger partial charge on any atom is -0.326 e. The van der Waals surface area contributed by atoms with Crippen molar-refractivity contribution in [1.29, 1.82) is 0 Å². The summed E-state index contributed by atoms with van der Waals surface area (Å²) in [4.78, 5) is 12.3. The van der Waals surface area contributed by atoms with Gasteiger partial charge in [-0.3, -0.25) is 4.79 Å². The number of aryl methyl sites for hydroxylation is 2. The topological polar surface area (TPSA) is 66.5 Å². The van der Waals surface area contributed by atoms with Gasteiger partial charge in [-0.15, -0.1) is 0 Å². The lowest BCUT2D eigenvalue weighted by atomic mass is 10.1. The average molecular weight is 364 g/mol. The minimum absolute atomic E-state index is 0.122. The maximum Gasteiger partial charge on any atom is 0.242 e. The van der Waals surface area contributed by atoms with E-state index in [9.17, 15) is 17.6 Å². The molecule has 0 radical (unpaired) electrons. The molecule has 0 spiro atoms. The summed E-state index contributed by atoms with van der Waals surface area (Å²) in [6, 6.07) is 10.6. The molecule has 2 rings (SSSR count). The third-order valence-electron chi connectivity index (χ3n) is 3.82. The van der Waals surface area contributed by atoms with E-state index < -0.39 is 10.0 Å². The van der Waals surface area contributed by atoms with Gasteiger partial charge in [-0.05, 0) is 48.7 Å². The second kappa shape index (κ2) is 7.76. The van der Waals surface area contributed by atoms with E-state index >= 15 is 0 Å². The molecule has 2 aromatic rings. The number of hydrogen-bond donors (Lipinski definition) is 1. The van der Waals surface area contributed by atoms with Crippen molar-refractivity contribution in [2.45, 2.75) is 24.7 Å². The number of carbonyl (C=O) groups is 1. The van der Waals surface area contributed by atoms with E-state index in [1.165, 1.54) is 38.4 Å². The molecule has 0 saturated heterocycles. The van der Waals surface area contributed by atoms with Crippen LogP contribution < -0.4 is 5.32 Å². The summed E-state index contributed by atoms with van der Waals surface area (Å²) in [6.07, 6.45) is 0.691. The maximum atomic E-state index is 12.9. The van der Waals surface area contributed by atoms with Gasteiger partial charge in [0.15, 0.2) is 0 Å². The Bertz CT molecular complexity index is 862. The Morgan fingerprint density at radius 2 is 1.76 bits per heavy atom. The predicted octanol–water partition coefficient (Wildman–Crippen LogP) is 2.96. The van der Waals surface area contributed by atoms with Crippen LogP contribution in [0, 0.1) is 12.7 Å². The van der Waals surface area contributed by atoms with E-state index in [4.69, 9.17) is 0 Å². The van der Waals surface area contributed by atoms with Gasteiger partial charge in [-0.25, -0.2) is 17.1 Å². The van der Waals surface area contributed by atoms with Crippen molar-refractivity contribution < 1.29 is 17.6 Å². The monoisotopic (exact) mass is 364 g/mol. The average Bonchev–Trinajstić information content (AvgIpc) is 2.56. The van der Waals surface area contributed by atoms with Gasteiger partial charge < -0.3 is 5.32 Å². The molecule has 25 heavy (non-hydrogen) atoms. The third-order valence-corrected chi connectivity index (χ3v) is 5.63. The van der Waals surface area contributed by atoms with Crippen molar-refractivity contribution in [2.24, 2.45) is 0 Å². The van der Waals surface area contributed by atoms with Gasteiger partial charge in [0.25, 0.3) is 0 Å². The molecule has 1 N–H and O–H groups in total. The first-order valence-corrected chi connectivity index (χ1v) is 9.21. The second-order valence-electron chi connectivity index (χ2n) is 5.94. The van der Waals surface area contributed by atoms with Crippen LogP contribution in [-0.4, -0.2) is 32.7 Å². The summed E-state index contributed by atoms with van der Waals surface area (Å²) >= 11 is 0. The Balaban J connectivity index is 2.08. The highest BCUT2D eigenvalue weighted by Gasteiger charge is 2.18. The molecule has 1 amide bonds. The van der Waals surface area contributed by atoms with Gasteiger partial charge in [0.1, 0.15) is 5.82 Å². The highest BCUT2D eigenvalue weighted by Crippen LogP contribution is 2.22. The molecule has 0 aliphatic rings. The lowest BCUT2D eigenvalue weighted by molar-refractivity contribution is -0.116. The summed E-state index contributed by atoms with van der Waals surface area (Å²) in [5, 5.41) is 2.75. The number of carbonyl (C=O) groups excluding carboxylic acids is 1. The Kier molecular flexibility index (Phi) is 5.92. The lowest BCUT2D eigenvalue weighted by Crippen LogP contribution is -2.22. The van der Waals surface area contributed by atoms with Crippen LogP contribution in [0.5, 0.6) is 0 Å². The molecule has 0 saturated carbocycles. The molecule has 0 bridgehead atoms. The number of halogens is 1. The summed E-state index contributed by atoms with van der Waals surface area (Å²) in [5.74, 6) is -0.547. The molecule has 0 aliphatic heterocycles. The number of anilines is 1. The minimum atomic E-state index is -3.56. The zero-order chi connectivity index (χ0) is 18.6. The Hall–Kier alpha value is -2.25. The summed E-state index contributed by atoms with van der Waals surface area (Å²) < 4.78 is 38.4. The van der Waals surface area contributed by atoms with E-state index in [1.54, 1.807) is 25.1 Å². The molecule has 134 valence electrons. The largest absolute Gasteiger partial charge is 0.326 e. The van der Waals surface area contributed by atoms with Crippen molar-refractivity contribution in [3.8, 4) is 0 Å². The first-order chi connectivity index (χ1) is 11.7. The SMILES string of the molecule is Cc1ccc(S(=O)(=O)N(C)C)cc1NC(=O)CCc1ccc(F)cc1. The first kappa shape index (κ1) is 19.1. The van der Waals surface area contributed by atoms with Crippen molar-refractivity contribution >= 4 is 21.6 Å². The molecule has 0 unspecified atom stereocenters. The molecule has 0 atom stereocenters. The Labute approximate surface area is 147 Å². The summed E-state index contributed by atoms with van der Waals surface area (Å²) in [5.41, 5.74) is 2.09. The van der Waals surface area contributed by atoms with Gasteiger partial charge >= 0.3 is 0 Å². The number of rotatable bonds is 6. The van der Waals surface area contributed by atoms with Gasteiger partial charge in [0, 0.05) is 26.2 Å². The van der Waals surface area contributed by atoms with E-state index in [2.05, 4.69) is 5.32 Å². The van der Waals surface area contributed by atoms with Crippen LogP contribution in [0.4, 0.5) is 10.1 Å². The molecular weight excluding hydrogens is 343 g/mol. The van der Waals surface area contributed by atoms with Crippen LogP contribution in [0.1, 0.15) is 17.5 Å². The van der Waals surface area contributed by atoms with E-state index in [0.29, 0.717) is 12.1 Å². The molecule has 0 fully saturated rings. The number of sulfonamides is 1. The third kappa shape index (κ3) is 4.87. The van der Waals surface area contributed by atoms with E-state index in [0.717, 1.165) is 15.4 Å². The molecule has 0 heterocycles. The number of benzene rings is 2. The number of hydrogen-bond acceptors (Lipinski definition) is 3. The predicted molar refractivity (Wildman–Crippen MR) is 95.4 cm³/mol. The van der Waals surface area contributed by atoms with Gasteiger partial charge in [0.2, 0.25) is 15.9 Å². The Morgan fingerprint density at radius 1 is 1.12 bits per heavy atom. The van der Waals surface area contributed by atoms with Crippen molar-refractivity contribution in [1.82, 2.24) is 4.31 Å². The maximum absolute atomic E-state index is 12.9. The van der Waals surface area contributed by atoms with Crippen LogP contribution in [0.2, 0.25) is 0 Å². The highest BCUT2D eigenvalue weighted by atomic mass is 32.2. The van der Waals surface area contributed by atoms with Gasteiger partial charge in [0.05, 0.1) is 4.90 Å². The highest BCUT2D eigenvalue weighted by molar-refractivity contribution is 7.89. The van der Waals surface area contributed by atoms with Crippen molar-refractivity contribution in [3.63, 3.8) is 0 Å². The fourth-order valence-corrected chi connectivity index (χ4v) is 3.16. The first-order valence-electron chi connectivity index (χ1n) is 7.77. The molecule has 7 heteroatoms. The van der Waals surface area contributed by atoms with Gasteiger partial charge in [-0.1, -0.05) is 18.2 Å². The van der Waals surface area contributed by atoms with Crippen LogP contribution >= 0.6 is 0 Å². The molecular formula is C18H21FN2O3S. The molecule has 0 aliphatic carbocycles. The smallest absolute Gasteiger partial charge is 0.242 e. The van der Waals surface area contributed by atoms with E-state index in [-0.39, 0.29) is 23.0 Å². The molecule has 0 aromatic heterocycles. The summed E-state index contributed by atoms with van der Waals surface area (Å²) in [7, 11) is -0.656. The fourth-order valence-electron chi connectivity index (χ4n) is 2.23. The second-order valence-corrected chi connectivity index (χ2v) is 8.09. The zero-order valence-electron chi connectivity index (χ0n) is 14.4.